The monoisotopic (exact) mass is 729 g/mol. The predicted octanol–water partition coefficient (Wildman–Crippen LogP) is 11.6. The van der Waals surface area contributed by atoms with Gasteiger partial charge in [-0.15, -0.1) is 11.3 Å². The van der Waals surface area contributed by atoms with Crippen LogP contribution in [0.1, 0.15) is 0 Å². The maximum atomic E-state index is 6.53. The molecule has 0 unspecified atom stereocenters. The molecule has 0 N–H and O–H groups in total. The number of hydrogen-bond donors (Lipinski definition) is 0. The van der Waals surface area contributed by atoms with Crippen LogP contribution in [0.4, 0.5) is 17.1 Å². The van der Waals surface area contributed by atoms with Crippen molar-refractivity contribution in [1.82, 2.24) is 9.13 Å². The van der Waals surface area contributed by atoms with E-state index in [2.05, 4.69) is 178 Å². The fourth-order valence-electron chi connectivity index (χ4n) is 10.3. The molecule has 8 aromatic carbocycles. The molecule has 0 saturated heterocycles. The number of aromatic nitrogens is 2. The van der Waals surface area contributed by atoms with Crippen molar-refractivity contribution in [3.05, 3.63) is 170 Å². The summed E-state index contributed by atoms with van der Waals surface area (Å²) in [7, 11) is 0. The van der Waals surface area contributed by atoms with Gasteiger partial charge in [0.25, 0.3) is 6.71 Å². The zero-order valence-corrected chi connectivity index (χ0v) is 30.7. The number of nitrogens with zero attached hydrogens (tertiary/aromatic N) is 3. The minimum Gasteiger partial charge on any atom is -0.456 e. The van der Waals surface area contributed by atoms with Crippen LogP contribution in [-0.4, -0.2) is 15.8 Å². The first kappa shape index (κ1) is 29.4. The van der Waals surface area contributed by atoms with Gasteiger partial charge in [-0.25, -0.2) is 0 Å². The summed E-state index contributed by atoms with van der Waals surface area (Å²) in [6.45, 7) is -0.00503. The van der Waals surface area contributed by atoms with Gasteiger partial charge >= 0.3 is 0 Å². The molecule has 6 heteroatoms. The fraction of sp³-hybridized carbons (Fsp3) is 0. The number of thiophene rings is 1. The molecule has 258 valence electrons. The van der Waals surface area contributed by atoms with Crippen LogP contribution in [0, 0.1) is 0 Å². The SMILES string of the molecule is c1ccc(-n2c3ccccc3c3cc4c5ccccc5n5c4c(c32)B2c3sc4ccccc4c3N(c3ccc4c(c3)oc3ccccc34)c3cccc-5c32)cc1. The lowest BCUT2D eigenvalue weighted by Crippen LogP contribution is -2.59. The first-order chi connectivity index (χ1) is 27.8. The highest BCUT2D eigenvalue weighted by atomic mass is 32.1. The summed E-state index contributed by atoms with van der Waals surface area (Å²) in [6, 6.07) is 62.4. The largest absolute Gasteiger partial charge is 0.456 e. The molecule has 2 aliphatic heterocycles. The summed E-state index contributed by atoms with van der Waals surface area (Å²) in [6.07, 6.45) is 0. The van der Waals surface area contributed by atoms with Crippen LogP contribution < -0.4 is 20.6 Å². The summed E-state index contributed by atoms with van der Waals surface area (Å²) < 4.78 is 14.3. The molecule has 14 rings (SSSR count). The van der Waals surface area contributed by atoms with Gasteiger partial charge < -0.3 is 18.5 Å². The summed E-state index contributed by atoms with van der Waals surface area (Å²) in [4.78, 5) is 2.52. The minimum atomic E-state index is -0.00503. The Balaban J connectivity index is 1.19. The van der Waals surface area contributed by atoms with Crippen molar-refractivity contribution < 1.29 is 4.42 Å². The van der Waals surface area contributed by atoms with Crippen LogP contribution in [0.2, 0.25) is 0 Å². The predicted molar refractivity (Wildman–Crippen MR) is 237 cm³/mol. The summed E-state index contributed by atoms with van der Waals surface area (Å²) in [5.41, 5.74) is 15.5. The lowest BCUT2D eigenvalue weighted by atomic mass is 9.36. The highest BCUT2D eigenvalue weighted by Gasteiger charge is 2.45. The molecule has 56 heavy (non-hydrogen) atoms. The van der Waals surface area contributed by atoms with Crippen molar-refractivity contribution in [2.24, 2.45) is 0 Å². The average molecular weight is 730 g/mol. The van der Waals surface area contributed by atoms with Gasteiger partial charge in [0.2, 0.25) is 0 Å². The van der Waals surface area contributed by atoms with Gasteiger partial charge in [0, 0.05) is 76.0 Å². The van der Waals surface area contributed by atoms with Crippen molar-refractivity contribution in [3.63, 3.8) is 0 Å². The van der Waals surface area contributed by atoms with Crippen LogP contribution in [0.3, 0.4) is 0 Å². The van der Waals surface area contributed by atoms with E-state index >= 15 is 0 Å². The quantitative estimate of drug-likeness (QED) is 0.166. The molecule has 0 bridgehead atoms. The molecular formula is C50H28BN3OS. The van der Waals surface area contributed by atoms with Crippen molar-refractivity contribution in [2.45, 2.75) is 0 Å². The smallest absolute Gasteiger partial charge is 0.267 e. The van der Waals surface area contributed by atoms with E-state index in [1.54, 1.807) is 0 Å². The van der Waals surface area contributed by atoms with Crippen LogP contribution in [0.25, 0.3) is 87.0 Å². The first-order valence-electron chi connectivity index (χ1n) is 19.2. The van der Waals surface area contributed by atoms with E-state index in [0.717, 1.165) is 27.6 Å². The average Bonchev–Trinajstić information content (AvgIpc) is 4.00. The van der Waals surface area contributed by atoms with E-state index in [9.17, 15) is 0 Å². The highest BCUT2D eigenvalue weighted by molar-refractivity contribution is 7.34. The summed E-state index contributed by atoms with van der Waals surface area (Å²) in [5, 5.41) is 8.69. The van der Waals surface area contributed by atoms with Crippen molar-refractivity contribution in [2.75, 3.05) is 4.90 Å². The maximum Gasteiger partial charge on any atom is 0.267 e. The molecule has 0 atom stereocenters. The van der Waals surface area contributed by atoms with Gasteiger partial charge in [-0.1, -0.05) is 97.1 Å². The second-order valence-corrected chi connectivity index (χ2v) is 16.3. The third kappa shape index (κ3) is 3.52. The topological polar surface area (TPSA) is 26.2 Å². The maximum absolute atomic E-state index is 6.53. The molecule has 12 aromatic rings. The molecule has 0 fully saturated rings. The van der Waals surface area contributed by atoms with Gasteiger partial charge in [-0.05, 0) is 77.7 Å². The second kappa shape index (κ2) is 10.4. The number of fused-ring (bicyclic) bond motifs is 16. The molecule has 4 nitrogen and oxygen atoms in total. The number of para-hydroxylation sites is 4. The minimum absolute atomic E-state index is 0.00503. The Morgan fingerprint density at radius 3 is 1.89 bits per heavy atom. The lowest BCUT2D eigenvalue weighted by molar-refractivity contribution is 0.669. The molecule has 0 amide bonds. The van der Waals surface area contributed by atoms with Crippen LogP contribution in [0.15, 0.2) is 174 Å². The Morgan fingerprint density at radius 2 is 1.07 bits per heavy atom. The zero-order chi connectivity index (χ0) is 36.2. The molecule has 4 aromatic heterocycles. The number of anilines is 3. The van der Waals surface area contributed by atoms with Gasteiger partial charge in [0.05, 0.1) is 27.8 Å². The number of benzene rings is 8. The van der Waals surface area contributed by atoms with Crippen molar-refractivity contribution in [3.8, 4) is 11.4 Å². The van der Waals surface area contributed by atoms with Crippen molar-refractivity contribution in [1.29, 1.82) is 0 Å². The third-order valence-electron chi connectivity index (χ3n) is 12.5. The van der Waals surface area contributed by atoms with Crippen LogP contribution in [0.5, 0.6) is 0 Å². The van der Waals surface area contributed by atoms with E-state index in [1.807, 2.05) is 17.4 Å². The van der Waals surface area contributed by atoms with Gasteiger partial charge in [0.15, 0.2) is 0 Å². The number of furan rings is 1. The molecule has 2 aliphatic rings. The Kier molecular flexibility index (Phi) is 5.45. The van der Waals surface area contributed by atoms with Gasteiger partial charge in [-0.3, -0.25) is 0 Å². The Labute approximate surface area is 324 Å². The standard InChI is InChI=1S/C50H28BN3OS/c1-2-13-29(14-3-1)52-38-19-8-4-15-31(38)36-28-37-32-16-5-9-20-39(32)54-41-22-12-21-40-45(41)51(46(47(36)52)48(37)54)50-49(35-18-7-11-24-44(35)56-50)53(40)30-25-26-34-33-17-6-10-23-42(33)55-43(34)27-30/h1-28H. The Bertz CT molecular complexity index is 3680. The molecule has 0 spiro atoms. The number of rotatable bonds is 2. The zero-order valence-electron chi connectivity index (χ0n) is 29.9. The normalized spacial score (nSPS) is 13.3. The molecular weight excluding hydrogens is 701 g/mol. The lowest BCUT2D eigenvalue weighted by Gasteiger charge is -2.39. The first-order valence-corrected chi connectivity index (χ1v) is 20.0. The molecule has 6 heterocycles. The van der Waals surface area contributed by atoms with E-state index in [1.165, 1.54) is 92.1 Å². The van der Waals surface area contributed by atoms with E-state index < -0.39 is 0 Å². The highest BCUT2D eigenvalue weighted by Crippen LogP contribution is 2.48. The van der Waals surface area contributed by atoms with Crippen LogP contribution in [-0.2, 0) is 0 Å². The Morgan fingerprint density at radius 1 is 0.429 bits per heavy atom. The Hall–Kier alpha value is -7.02. The molecule has 0 radical (unpaired) electrons. The number of hydrogen-bond acceptors (Lipinski definition) is 3. The van der Waals surface area contributed by atoms with Crippen LogP contribution >= 0.6 is 11.3 Å². The molecule has 0 saturated carbocycles. The van der Waals surface area contributed by atoms with Crippen molar-refractivity contribution >= 4 is 126 Å². The molecule has 0 aliphatic carbocycles. The van der Waals surface area contributed by atoms with E-state index in [-0.39, 0.29) is 6.71 Å². The summed E-state index contributed by atoms with van der Waals surface area (Å²) in [5.74, 6) is 0. The fourth-order valence-corrected chi connectivity index (χ4v) is 11.6. The van der Waals surface area contributed by atoms with Gasteiger partial charge in [-0.2, -0.15) is 0 Å². The third-order valence-corrected chi connectivity index (χ3v) is 13.7. The van der Waals surface area contributed by atoms with E-state index in [4.69, 9.17) is 4.42 Å². The van der Waals surface area contributed by atoms with E-state index in [0.29, 0.717) is 0 Å². The van der Waals surface area contributed by atoms with Gasteiger partial charge in [0.1, 0.15) is 11.2 Å². The second-order valence-electron chi connectivity index (χ2n) is 15.2. The summed E-state index contributed by atoms with van der Waals surface area (Å²) >= 11 is 1.94.